The zero-order valence-corrected chi connectivity index (χ0v) is 12.5. The van der Waals surface area contributed by atoms with Gasteiger partial charge in [-0.3, -0.25) is 0 Å². The highest BCUT2D eigenvalue weighted by atomic mass is 32.2. The predicted molar refractivity (Wildman–Crippen MR) is 82.4 cm³/mol. The molecular formula is C15H11FN4OS. The highest BCUT2D eigenvalue weighted by Gasteiger charge is 2.09. The Balaban J connectivity index is 1.72. The average Bonchev–Trinajstić information content (AvgIpc) is 3.10. The van der Waals surface area contributed by atoms with Crippen LogP contribution in [-0.2, 0) is 6.54 Å². The van der Waals surface area contributed by atoms with E-state index < -0.39 is 0 Å². The fraction of sp³-hybridized carbons (Fsp3) is 0.133. The van der Waals surface area contributed by atoms with Gasteiger partial charge >= 0.3 is 0 Å². The Morgan fingerprint density at radius 3 is 3.00 bits per heavy atom. The summed E-state index contributed by atoms with van der Waals surface area (Å²) in [4.78, 5) is 12.6. The number of nitrogens with zero attached hydrogens (tertiary/aromatic N) is 4. The maximum absolute atomic E-state index is 13.2. The number of fused-ring (bicyclic) bond motifs is 2. The molecule has 4 aromatic rings. The number of oxazole rings is 1. The van der Waals surface area contributed by atoms with Crippen molar-refractivity contribution >= 4 is 34.0 Å². The lowest BCUT2D eigenvalue weighted by molar-refractivity contribution is 0.490. The summed E-state index contributed by atoms with van der Waals surface area (Å²) in [5.74, 6) is -0.384. The van der Waals surface area contributed by atoms with E-state index in [4.69, 9.17) is 4.42 Å². The molecule has 22 heavy (non-hydrogen) atoms. The molecule has 0 aliphatic heterocycles. The molecule has 5 nitrogen and oxygen atoms in total. The zero-order valence-electron chi connectivity index (χ0n) is 11.7. The number of pyridine rings is 1. The Morgan fingerprint density at radius 1 is 1.23 bits per heavy atom. The van der Waals surface area contributed by atoms with E-state index in [0.717, 1.165) is 16.7 Å². The number of hydrogen-bond donors (Lipinski definition) is 0. The molecule has 0 spiro atoms. The molecule has 0 bridgehead atoms. The van der Waals surface area contributed by atoms with Crippen molar-refractivity contribution in [2.75, 3.05) is 6.26 Å². The second-order valence-corrected chi connectivity index (χ2v) is 5.61. The van der Waals surface area contributed by atoms with Crippen LogP contribution in [0.25, 0.3) is 22.3 Å². The van der Waals surface area contributed by atoms with Gasteiger partial charge in [0.05, 0.1) is 19.1 Å². The molecule has 3 aromatic heterocycles. The lowest BCUT2D eigenvalue weighted by Crippen LogP contribution is -1.99. The second-order valence-electron chi connectivity index (χ2n) is 4.85. The number of halogens is 1. The summed E-state index contributed by atoms with van der Waals surface area (Å²) in [6.07, 6.45) is 4.79. The first-order chi connectivity index (χ1) is 10.7. The minimum absolute atomic E-state index is 0.384. The highest BCUT2D eigenvalue weighted by molar-refractivity contribution is 7.98. The Kier molecular flexibility index (Phi) is 3.07. The van der Waals surface area contributed by atoms with Crippen molar-refractivity contribution in [3.05, 3.63) is 48.2 Å². The lowest BCUT2D eigenvalue weighted by atomic mass is 10.2. The molecule has 1 aromatic carbocycles. The molecule has 4 rings (SSSR count). The summed E-state index contributed by atoms with van der Waals surface area (Å²) < 4.78 is 20.7. The SMILES string of the molecule is CSc1nc2ccc(Cn3cnc4cc(F)cnc43)cc2o1. The van der Waals surface area contributed by atoms with Crippen LogP contribution in [0.1, 0.15) is 5.56 Å². The van der Waals surface area contributed by atoms with Crippen LogP contribution in [0.15, 0.2) is 46.4 Å². The van der Waals surface area contributed by atoms with E-state index in [-0.39, 0.29) is 5.82 Å². The van der Waals surface area contributed by atoms with Gasteiger partial charge in [0.1, 0.15) is 16.9 Å². The van der Waals surface area contributed by atoms with Gasteiger partial charge in [-0.25, -0.2) is 19.3 Å². The molecule has 3 heterocycles. The van der Waals surface area contributed by atoms with Gasteiger partial charge in [-0.05, 0) is 24.0 Å². The molecule has 7 heteroatoms. The normalized spacial score (nSPS) is 11.5. The van der Waals surface area contributed by atoms with E-state index in [9.17, 15) is 4.39 Å². The average molecular weight is 314 g/mol. The largest absolute Gasteiger partial charge is 0.431 e. The van der Waals surface area contributed by atoms with Gasteiger partial charge in [0, 0.05) is 6.07 Å². The predicted octanol–water partition coefficient (Wildman–Crippen LogP) is 3.48. The third-order valence-electron chi connectivity index (χ3n) is 3.38. The van der Waals surface area contributed by atoms with E-state index in [1.807, 2.05) is 29.0 Å². The van der Waals surface area contributed by atoms with E-state index in [2.05, 4.69) is 15.0 Å². The van der Waals surface area contributed by atoms with Crippen LogP contribution < -0.4 is 0 Å². The van der Waals surface area contributed by atoms with Crippen LogP contribution in [0, 0.1) is 5.82 Å². The molecular weight excluding hydrogens is 303 g/mol. The molecule has 0 fully saturated rings. The van der Waals surface area contributed by atoms with Crippen LogP contribution >= 0.6 is 11.8 Å². The summed E-state index contributed by atoms with van der Waals surface area (Å²) in [5, 5.41) is 0.650. The molecule has 0 amide bonds. The first-order valence-corrected chi connectivity index (χ1v) is 7.85. The molecule has 0 N–H and O–H groups in total. The van der Waals surface area contributed by atoms with Gasteiger partial charge in [0.2, 0.25) is 0 Å². The van der Waals surface area contributed by atoms with Crippen molar-refractivity contribution in [1.29, 1.82) is 0 Å². The molecule has 0 saturated heterocycles. The Bertz CT molecular complexity index is 978. The topological polar surface area (TPSA) is 56.7 Å². The zero-order chi connectivity index (χ0) is 15.1. The van der Waals surface area contributed by atoms with Gasteiger partial charge in [-0.15, -0.1) is 0 Å². The number of benzene rings is 1. The summed E-state index contributed by atoms with van der Waals surface area (Å²) in [5.41, 5.74) is 3.84. The monoisotopic (exact) mass is 314 g/mol. The summed E-state index contributed by atoms with van der Waals surface area (Å²) in [6, 6.07) is 7.26. The third kappa shape index (κ3) is 2.23. The van der Waals surface area contributed by atoms with Crippen LogP contribution in [0.3, 0.4) is 0 Å². The first-order valence-electron chi connectivity index (χ1n) is 6.63. The van der Waals surface area contributed by atoms with E-state index >= 15 is 0 Å². The molecule has 0 atom stereocenters. The van der Waals surface area contributed by atoms with Gasteiger partial charge in [0.15, 0.2) is 11.2 Å². The number of imidazole rings is 1. The van der Waals surface area contributed by atoms with Gasteiger partial charge in [0.25, 0.3) is 5.22 Å². The Labute approximate surface area is 129 Å². The molecule has 110 valence electrons. The first kappa shape index (κ1) is 13.3. The highest BCUT2D eigenvalue weighted by Crippen LogP contribution is 2.23. The number of hydrogen-bond acceptors (Lipinski definition) is 5. The summed E-state index contributed by atoms with van der Waals surface area (Å²) >= 11 is 1.47. The van der Waals surface area contributed by atoms with Crippen LogP contribution in [0.5, 0.6) is 0 Å². The van der Waals surface area contributed by atoms with E-state index in [1.54, 1.807) is 6.33 Å². The minimum atomic E-state index is -0.384. The standard InChI is InChI=1S/C15H11FN4OS/c1-22-15-19-11-3-2-9(4-13(11)21-15)7-20-8-18-12-5-10(16)6-17-14(12)20/h2-6,8H,7H2,1H3. The van der Waals surface area contributed by atoms with Crippen molar-refractivity contribution in [3.8, 4) is 0 Å². The molecule has 0 radical (unpaired) electrons. The van der Waals surface area contributed by atoms with Crippen LogP contribution in [0.4, 0.5) is 4.39 Å². The van der Waals surface area contributed by atoms with Crippen molar-refractivity contribution < 1.29 is 8.81 Å². The van der Waals surface area contributed by atoms with Crippen molar-refractivity contribution in [1.82, 2.24) is 19.5 Å². The van der Waals surface area contributed by atoms with Crippen molar-refractivity contribution in [2.45, 2.75) is 11.8 Å². The molecule has 0 unspecified atom stereocenters. The Morgan fingerprint density at radius 2 is 2.14 bits per heavy atom. The molecule has 0 aliphatic carbocycles. The fourth-order valence-electron chi connectivity index (χ4n) is 2.37. The van der Waals surface area contributed by atoms with E-state index in [1.165, 1.54) is 24.0 Å². The smallest absolute Gasteiger partial charge is 0.256 e. The summed E-state index contributed by atoms with van der Waals surface area (Å²) in [6.45, 7) is 0.584. The van der Waals surface area contributed by atoms with Gasteiger partial charge in [-0.1, -0.05) is 17.8 Å². The number of thioether (sulfide) groups is 1. The van der Waals surface area contributed by atoms with Crippen molar-refractivity contribution in [2.24, 2.45) is 0 Å². The molecule has 0 aliphatic rings. The summed E-state index contributed by atoms with van der Waals surface area (Å²) in [7, 11) is 0. The number of aromatic nitrogens is 4. The maximum Gasteiger partial charge on any atom is 0.256 e. The van der Waals surface area contributed by atoms with Gasteiger partial charge in [-0.2, -0.15) is 0 Å². The lowest BCUT2D eigenvalue weighted by Gasteiger charge is -2.03. The Hall–Kier alpha value is -2.41. The minimum Gasteiger partial charge on any atom is -0.431 e. The third-order valence-corrected chi connectivity index (χ3v) is 3.91. The van der Waals surface area contributed by atoms with E-state index in [0.29, 0.717) is 22.9 Å². The second kappa shape index (κ2) is 5.10. The quantitative estimate of drug-likeness (QED) is 0.542. The maximum atomic E-state index is 13.2. The number of rotatable bonds is 3. The van der Waals surface area contributed by atoms with Crippen LogP contribution in [0.2, 0.25) is 0 Å². The van der Waals surface area contributed by atoms with Gasteiger partial charge < -0.3 is 8.98 Å². The molecule has 0 saturated carbocycles. The fourth-order valence-corrected chi connectivity index (χ4v) is 2.73. The van der Waals surface area contributed by atoms with Crippen LogP contribution in [-0.4, -0.2) is 25.8 Å². The van der Waals surface area contributed by atoms with Crippen molar-refractivity contribution in [3.63, 3.8) is 0 Å².